The molecule has 0 aliphatic heterocycles. The van der Waals surface area contributed by atoms with E-state index in [4.69, 9.17) is 9.47 Å². The Hall–Kier alpha value is -3.79. The second kappa shape index (κ2) is 10.9. The lowest BCUT2D eigenvalue weighted by Gasteiger charge is -2.14. The molecular weight excluding hydrogens is 471 g/mol. The summed E-state index contributed by atoms with van der Waals surface area (Å²) in [7, 11) is 0. The van der Waals surface area contributed by atoms with Gasteiger partial charge in [0.05, 0.1) is 23.3 Å². The number of aromatic nitrogens is 4. The summed E-state index contributed by atoms with van der Waals surface area (Å²) in [5.74, 6) is 1.88. The summed E-state index contributed by atoms with van der Waals surface area (Å²) in [4.78, 5) is 17.5. The molecule has 1 N–H and O–H groups in total. The van der Waals surface area contributed by atoms with Crippen molar-refractivity contribution < 1.29 is 22.6 Å². The molecule has 0 fully saturated rings. The zero-order valence-corrected chi connectivity index (χ0v) is 20.1. The second-order valence-corrected chi connectivity index (χ2v) is 8.44. The number of nitrogens with zero attached hydrogens (tertiary/aromatic N) is 4. The van der Waals surface area contributed by atoms with Gasteiger partial charge < -0.3 is 14.8 Å². The first-order valence-electron chi connectivity index (χ1n) is 11.5. The number of halogens is 3. The largest absolute Gasteiger partial charge is 0.494 e. The van der Waals surface area contributed by atoms with Crippen molar-refractivity contribution in [1.82, 2.24) is 19.9 Å². The third kappa shape index (κ3) is 6.06. The molecule has 1 aromatic carbocycles. The standard InChI is InChI=1S/C26H26F3N5O2/c1-4-36-18-9-7-17(8-10-18)31-24-19-11-12-21(23-20(26(27,28)29)6-5-13-30-23)32-25(19)34-22(33-24)15-35-14-16(2)3/h5-13,16H,4,14-15H2,1-3H3,(H,31,32,33,34). The molecule has 7 nitrogen and oxygen atoms in total. The Bertz CT molecular complexity index is 1330. The number of nitrogens with one attached hydrogen (secondary N) is 1. The number of hydrogen-bond donors (Lipinski definition) is 1. The van der Waals surface area contributed by atoms with E-state index >= 15 is 0 Å². The molecule has 10 heteroatoms. The molecule has 0 amide bonds. The van der Waals surface area contributed by atoms with Gasteiger partial charge in [0.15, 0.2) is 11.5 Å². The molecule has 4 aromatic rings. The van der Waals surface area contributed by atoms with Crippen LogP contribution in [0.4, 0.5) is 24.7 Å². The maximum Gasteiger partial charge on any atom is 0.418 e. The Kier molecular flexibility index (Phi) is 7.64. The van der Waals surface area contributed by atoms with Crippen LogP contribution in [-0.4, -0.2) is 33.1 Å². The molecule has 0 aliphatic carbocycles. The van der Waals surface area contributed by atoms with Crippen molar-refractivity contribution in [3.8, 4) is 17.1 Å². The number of ether oxygens (including phenoxy) is 2. The monoisotopic (exact) mass is 497 g/mol. The Labute approximate surface area is 206 Å². The van der Waals surface area contributed by atoms with Crippen LogP contribution in [0, 0.1) is 5.92 Å². The summed E-state index contributed by atoms with van der Waals surface area (Å²) in [5, 5.41) is 3.80. The van der Waals surface area contributed by atoms with E-state index in [9.17, 15) is 13.2 Å². The third-order valence-corrected chi connectivity index (χ3v) is 5.07. The van der Waals surface area contributed by atoms with Crippen LogP contribution in [0.1, 0.15) is 32.2 Å². The van der Waals surface area contributed by atoms with Crippen molar-refractivity contribution >= 4 is 22.5 Å². The first-order valence-corrected chi connectivity index (χ1v) is 11.5. The Morgan fingerprint density at radius 1 is 0.972 bits per heavy atom. The van der Waals surface area contributed by atoms with E-state index in [0.717, 1.165) is 17.5 Å². The molecule has 0 bridgehead atoms. The van der Waals surface area contributed by atoms with Crippen molar-refractivity contribution in [3.05, 3.63) is 66.1 Å². The van der Waals surface area contributed by atoms with Crippen LogP contribution >= 0.6 is 0 Å². The molecule has 188 valence electrons. The predicted octanol–water partition coefficient (Wildman–Crippen LogP) is 6.42. The average Bonchev–Trinajstić information content (AvgIpc) is 2.84. The van der Waals surface area contributed by atoms with Gasteiger partial charge in [-0.3, -0.25) is 4.98 Å². The van der Waals surface area contributed by atoms with Gasteiger partial charge in [0.2, 0.25) is 0 Å². The van der Waals surface area contributed by atoms with Crippen LogP contribution < -0.4 is 10.1 Å². The number of benzene rings is 1. The Morgan fingerprint density at radius 3 is 2.44 bits per heavy atom. The summed E-state index contributed by atoms with van der Waals surface area (Å²) in [6, 6.07) is 12.7. The smallest absolute Gasteiger partial charge is 0.418 e. The highest BCUT2D eigenvalue weighted by Gasteiger charge is 2.34. The quantitative estimate of drug-likeness (QED) is 0.286. The van der Waals surface area contributed by atoms with E-state index in [1.165, 1.54) is 18.3 Å². The Balaban J connectivity index is 1.76. The van der Waals surface area contributed by atoms with Gasteiger partial charge in [-0.05, 0) is 61.4 Å². The molecule has 0 unspecified atom stereocenters. The minimum absolute atomic E-state index is 0.0650. The normalized spacial score (nSPS) is 11.8. The van der Waals surface area contributed by atoms with Crippen molar-refractivity contribution in [1.29, 1.82) is 0 Å². The van der Waals surface area contributed by atoms with Gasteiger partial charge in [-0.15, -0.1) is 0 Å². The van der Waals surface area contributed by atoms with Gasteiger partial charge >= 0.3 is 6.18 Å². The number of alkyl halides is 3. The zero-order valence-electron chi connectivity index (χ0n) is 20.1. The molecule has 0 spiro atoms. The molecular formula is C26H26F3N5O2. The van der Waals surface area contributed by atoms with E-state index in [-0.39, 0.29) is 23.6 Å². The van der Waals surface area contributed by atoms with Gasteiger partial charge in [0, 0.05) is 18.5 Å². The number of fused-ring (bicyclic) bond motifs is 1. The summed E-state index contributed by atoms with van der Waals surface area (Å²) in [5.41, 5.74) is -0.0722. The highest BCUT2D eigenvalue weighted by Crippen LogP contribution is 2.36. The lowest BCUT2D eigenvalue weighted by Crippen LogP contribution is -2.10. The van der Waals surface area contributed by atoms with Gasteiger partial charge in [-0.2, -0.15) is 13.2 Å². The number of rotatable bonds is 9. The van der Waals surface area contributed by atoms with Gasteiger partial charge in [-0.25, -0.2) is 15.0 Å². The lowest BCUT2D eigenvalue weighted by molar-refractivity contribution is -0.137. The van der Waals surface area contributed by atoms with Crippen LogP contribution in [-0.2, 0) is 17.5 Å². The molecule has 0 atom stereocenters. The van der Waals surface area contributed by atoms with Crippen molar-refractivity contribution in [2.24, 2.45) is 5.92 Å². The van der Waals surface area contributed by atoms with Crippen LogP contribution in [0.5, 0.6) is 5.75 Å². The number of pyridine rings is 2. The van der Waals surface area contributed by atoms with Crippen LogP contribution in [0.3, 0.4) is 0 Å². The van der Waals surface area contributed by atoms with E-state index in [0.29, 0.717) is 36.2 Å². The van der Waals surface area contributed by atoms with Gasteiger partial charge in [-0.1, -0.05) is 13.8 Å². The molecule has 4 rings (SSSR count). The molecule has 0 saturated heterocycles. The fourth-order valence-electron chi connectivity index (χ4n) is 3.51. The second-order valence-electron chi connectivity index (χ2n) is 8.44. The molecule has 0 saturated carbocycles. The fraction of sp³-hybridized carbons (Fsp3) is 0.308. The SMILES string of the molecule is CCOc1ccc(Nc2nc(COCC(C)C)nc3nc(-c4ncccc4C(F)(F)F)ccc23)cc1. The first kappa shape index (κ1) is 25.3. The predicted molar refractivity (Wildman–Crippen MR) is 131 cm³/mol. The van der Waals surface area contributed by atoms with Crippen LogP contribution in [0.15, 0.2) is 54.7 Å². The highest BCUT2D eigenvalue weighted by molar-refractivity contribution is 5.90. The summed E-state index contributed by atoms with van der Waals surface area (Å²) < 4.78 is 51.9. The molecule has 0 aliphatic rings. The van der Waals surface area contributed by atoms with Gasteiger partial charge in [0.1, 0.15) is 23.9 Å². The topological polar surface area (TPSA) is 82.0 Å². The number of anilines is 2. The summed E-state index contributed by atoms with van der Waals surface area (Å²) in [6.07, 6.45) is -3.26. The van der Waals surface area contributed by atoms with Gasteiger partial charge in [0.25, 0.3) is 0 Å². The van der Waals surface area contributed by atoms with Crippen LogP contribution in [0.25, 0.3) is 22.4 Å². The molecule has 0 radical (unpaired) electrons. The summed E-state index contributed by atoms with van der Waals surface area (Å²) >= 11 is 0. The zero-order chi connectivity index (χ0) is 25.7. The van der Waals surface area contributed by atoms with E-state index in [1.54, 1.807) is 6.07 Å². The maximum atomic E-state index is 13.6. The minimum atomic E-state index is -4.57. The summed E-state index contributed by atoms with van der Waals surface area (Å²) in [6.45, 7) is 7.17. The average molecular weight is 498 g/mol. The third-order valence-electron chi connectivity index (χ3n) is 5.07. The lowest BCUT2D eigenvalue weighted by atomic mass is 10.1. The fourth-order valence-corrected chi connectivity index (χ4v) is 3.51. The van der Waals surface area contributed by atoms with Crippen molar-refractivity contribution in [2.45, 2.75) is 33.6 Å². The van der Waals surface area contributed by atoms with Crippen molar-refractivity contribution in [2.75, 3.05) is 18.5 Å². The Morgan fingerprint density at radius 2 is 1.75 bits per heavy atom. The van der Waals surface area contributed by atoms with E-state index in [1.807, 2.05) is 45.0 Å². The van der Waals surface area contributed by atoms with E-state index in [2.05, 4.69) is 25.3 Å². The maximum absolute atomic E-state index is 13.6. The minimum Gasteiger partial charge on any atom is -0.494 e. The number of hydrogen-bond acceptors (Lipinski definition) is 7. The first-order chi connectivity index (χ1) is 17.2. The molecule has 3 aromatic heterocycles. The van der Waals surface area contributed by atoms with Crippen LogP contribution in [0.2, 0.25) is 0 Å². The molecule has 36 heavy (non-hydrogen) atoms. The highest BCUT2D eigenvalue weighted by atomic mass is 19.4. The van der Waals surface area contributed by atoms with Crippen molar-refractivity contribution in [3.63, 3.8) is 0 Å². The van der Waals surface area contributed by atoms with E-state index < -0.39 is 11.7 Å². The molecule has 3 heterocycles.